The Labute approximate surface area is 119 Å². The van der Waals surface area contributed by atoms with Crippen molar-refractivity contribution >= 4 is 11.9 Å². The van der Waals surface area contributed by atoms with Gasteiger partial charge in [0.2, 0.25) is 0 Å². The Balaban J connectivity index is 2.48. The molecule has 0 saturated heterocycles. The molecular formula is C15H12O6. The van der Waals surface area contributed by atoms with Gasteiger partial charge in [-0.15, -0.1) is 0 Å². The second kappa shape index (κ2) is 5.54. The number of carboxylic acid groups (broad SMARTS) is 2. The van der Waals surface area contributed by atoms with Gasteiger partial charge >= 0.3 is 11.9 Å². The molecule has 2 rings (SSSR count). The quantitative estimate of drug-likeness (QED) is 0.799. The van der Waals surface area contributed by atoms with Gasteiger partial charge < -0.3 is 20.1 Å². The molecule has 0 aliphatic heterocycles. The summed E-state index contributed by atoms with van der Waals surface area (Å²) in [5.41, 5.74) is 0.367. The molecule has 3 N–H and O–H groups in total. The Hall–Kier alpha value is -3.02. The average molecular weight is 288 g/mol. The van der Waals surface area contributed by atoms with Gasteiger partial charge in [0.15, 0.2) is 0 Å². The van der Waals surface area contributed by atoms with Crippen LogP contribution in [0.5, 0.6) is 17.2 Å². The Kier molecular flexibility index (Phi) is 3.80. The molecule has 0 unspecified atom stereocenters. The topological polar surface area (TPSA) is 104 Å². The van der Waals surface area contributed by atoms with E-state index in [2.05, 4.69) is 0 Å². The highest BCUT2D eigenvalue weighted by molar-refractivity contribution is 5.94. The van der Waals surface area contributed by atoms with Crippen molar-refractivity contribution in [1.29, 1.82) is 0 Å². The summed E-state index contributed by atoms with van der Waals surface area (Å²) >= 11 is 0. The maximum Gasteiger partial charge on any atom is 0.339 e. The molecule has 0 bridgehead atoms. The molecule has 0 heterocycles. The van der Waals surface area contributed by atoms with Gasteiger partial charge in [-0.1, -0.05) is 0 Å². The summed E-state index contributed by atoms with van der Waals surface area (Å²) in [6.07, 6.45) is 0. The number of aromatic carboxylic acids is 2. The normalized spacial score (nSPS) is 10.1. The van der Waals surface area contributed by atoms with E-state index in [1.807, 2.05) is 0 Å². The summed E-state index contributed by atoms with van der Waals surface area (Å²) in [5, 5.41) is 27.4. The van der Waals surface area contributed by atoms with E-state index in [4.69, 9.17) is 14.9 Å². The van der Waals surface area contributed by atoms with Crippen molar-refractivity contribution in [2.45, 2.75) is 6.92 Å². The number of aromatic hydroxyl groups is 1. The van der Waals surface area contributed by atoms with Crippen molar-refractivity contribution in [2.24, 2.45) is 0 Å². The van der Waals surface area contributed by atoms with Gasteiger partial charge in [-0.3, -0.25) is 0 Å². The smallest absolute Gasteiger partial charge is 0.339 e. The molecule has 108 valence electrons. The van der Waals surface area contributed by atoms with Crippen molar-refractivity contribution in [3.63, 3.8) is 0 Å². The number of hydrogen-bond donors (Lipinski definition) is 3. The fourth-order valence-corrected chi connectivity index (χ4v) is 1.78. The van der Waals surface area contributed by atoms with Crippen LogP contribution in [0.4, 0.5) is 0 Å². The predicted octanol–water partition coefficient (Wildman–Crippen LogP) is 2.89. The van der Waals surface area contributed by atoms with Crippen LogP contribution in [0.1, 0.15) is 26.3 Å². The van der Waals surface area contributed by atoms with E-state index in [1.165, 1.54) is 30.3 Å². The third-order valence-electron chi connectivity index (χ3n) is 2.84. The number of hydrogen-bond acceptors (Lipinski definition) is 4. The van der Waals surface area contributed by atoms with E-state index in [9.17, 15) is 14.7 Å². The van der Waals surface area contributed by atoms with Crippen molar-refractivity contribution in [1.82, 2.24) is 0 Å². The van der Waals surface area contributed by atoms with Crippen LogP contribution >= 0.6 is 0 Å². The molecule has 6 heteroatoms. The highest BCUT2D eigenvalue weighted by Crippen LogP contribution is 2.30. The monoisotopic (exact) mass is 288 g/mol. The minimum atomic E-state index is -1.22. The van der Waals surface area contributed by atoms with Crippen LogP contribution in [0, 0.1) is 6.92 Å². The van der Waals surface area contributed by atoms with Gasteiger partial charge in [-0.2, -0.15) is 0 Å². The first-order valence-corrected chi connectivity index (χ1v) is 5.96. The maximum absolute atomic E-state index is 11.2. The van der Waals surface area contributed by atoms with Crippen molar-refractivity contribution in [3.8, 4) is 17.2 Å². The third kappa shape index (κ3) is 3.11. The van der Waals surface area contributed by atoms with Gasteiger partial charge in [0, 0.05) is 0 Å². The van der Waals surface area contributed by atoms with Gasteiger partial charge in [-0.25, -0.2) is 9.59 Å². The Morgan fingerprint density at radius 3 is 2.24 bits per heavy atom. The molecule has 0 spiro atoms. The lowest BCUT2D eigenvalue weighted by atomic mass is 10.1. The number of carboxylic acids is 2. The first kappa shape index (κ1) is 14.4. The van der Waals surface area contributed by atoms with Gasteiger partial charge in [-0.05, 0) is 48.9 Å². The maximum atomic E-state index is 11.2. The molecule has 2 aromatic rings. The van der Waals surface area contributed by atoms with Crippen LogP contribution in [0.3, 0.4) is 0 Å². The van der Waals surface area contributed by atoms with E-state index >= 15 is 0 Å². The SMILES string of the molecule is Cc1cc(O)ccc1Oc1cc(C(=O)O)ccc1C(=O)O. The lowest BCUT2D eigenvalue weighted by Gasteiger charge is -2.12. The molecule has 0 aliphatic carbocycles. The fourth-order valence-electron chi connectivity index (χ4n) is 1.78. The lowest BCUT2D eigenvalue weighted by molar-refractivity contribution is 0.0678. The highest BCUT2D eigenvalue weighted by Gasteiger charge is 2.16. The zero-order valence-electron chi connectivity index (χ0n) is 11.0. The molecule has 0 aromatic heterocycles. The number of ether oxygens (including phenoxy) is 1. The zero-order chi connectivity index (χ0) is 15.6. The summed E-state index contributed by atoms with van der Waals surface area (Å²) in [4.78, 5) is 22.1. The lowest BCUT2D eigenvalue weighted by Crippen LogP contribution is -2.04. The standard InChI is InChI=1S/C15H12O6/c1-8-6-10(16)3-5-12(8)21-13-7-9(14(17)18)2-4-11(13)15(19)20/h2-7,16H,1H3,(H,17,18)(H,19,20). The highest BCUT2D eigenvalue weighted by atomic mass is 16.5. The molecule has 0 aliphatic rings. The second-order valence-electron chi connectivity index (χ2n) is 4.37. The summed E-state index contributed by atoms with van der Waals surface area (Å²) < 4.78 is 5.49. The summed E-state index contributed by atoms with van der Waals surface area (Å²) in [7, 11) is 0. The van der Waals surface area contributed by atoms with Crippen molar-refractivity contribution < 1.29 is 29.6 Å². The van der Waals surface area contributed by atoms with Gasteiger partial charge in [0.25, 0.3) is 0 Å². The van der Waals surface area contributed by atoms with Gasteiger partial charge in [0.05, 0.1) is 5.56 Å². The van der Waals surface area contributed by atoms with E-state index in [1.54, 1.807) is 6.92 Å². The van der Waals surface area contributed by atoms with Crippen LogP contribution in [0.25, 0.3) is 0 Å². The zero-order valence-corrected chi connectivity index (χ0v) is 11.0. The molecule has 0 saturated carbocycles. The van der Waals surface area contributed by atoms with Crippen LogP contribution in [0.15, 0.2) is 36.4 Å². The summed E-state index contributed by atoms with van der Waals surface area (Å²) in [6, 6.07) is 7.85. The Morgan fingerprint density at radius 1 is 0.952 bits per heavy atom. The van der Waals surface area contributed by atoms with Crippen LogP contribution < -0.4 is 4.74 Å². The fraction of sp³-hybridized carbons (Fsp3) is 0.0667. The van der Waals surface area contributed by atoms with E-state index in [0.29, 0.717) is 11.3 Å². The molecule has 0 fully saturated rings. The summed E-state index contributed by atoms with van der Waals surface area (Å²) in [5.74, 6) is -2.09. The van der Waals surface area contributed by atoms with Crippen molar-refractivity contribution in [3.05, 3.63) is 53.1 Å². The Bertz CT molecular complexity index is 720. The minimum Gasteiger partial charge on any atom is -0.508 e. The molecule has 0 atom stereocenters. The number of phenols is 1. The first-order chi connectivity index (χ1) is 9.88. The average Bonchev–Trinajstić information content (AvgIpc) is 2.41. The predicted molar refractivity (Wildman–Crippen MR) is 73.3 cm³/mol. The number of rotatable bonds is 4. The van der Waals surface area contributed by atoms with Crippen LogP contribution in [0.2, 0.25) is 0 Å². The van der Waals surface area contributed by atoms with Gasteiger partial charge in [0.1, 0.15) is 22.8 Å². The molecule has 6 nitrogen and oxygen atoms in total. The van der Waals surface area contributed by atoms with E-state index in [0.717, 1.165) is 6.07 Å². The number of carbonyl (C=O) groups is 2. The van der Waals surface area contributed by atoms with E-state index < -0.39 is 11.9 Å². The minimum absolute atomic E-state index is 0.0533. The van der Waals surface area contributed by atoms with Crippen molar-refractivity contribution in [2.75, 3.05) is 0 Å². The second-order valence-corrected chi connectivity index (χ2v) is 4.37. The van der Waals surface area contributed by atoms with E-state index in [-0.39, 0.29) is 22.6 Å². The van der Waals surface area contributed by atoms with Crippen LogP contribution in [-0.4, -0.2) is 27.3 Å². The Morgan fingerprint density at radius 2 is 1.67 bits per heavy atom. The van der Waals surface area contributed by atoms with Crippen LogP contribution in [-0.2, 0) is 0 Å². The molecule has 2 aromatic carbocycles. The third-order valence-corrected chi connectivity index (χ3v) is 2.84. The number of aryl methyl sites for hydroxylation is 1. The number of benzene rings is 2. The molecule has 0 radical (unpaired) electrons. The largest absolute Gasteiger partial charge is 0.508 e. The molecule has 21 heavy (non-hydrogen) atoms. The summed E-state index contributed by atoms with van der Waals surface area (Å²) in [6.45, 7) is 1.68. The molecular weight excluding hydrogens is 276 g/mol. The first-order valence-electron chi connectivity index (χ1n) is 5.96. The number of phenolic OH excluding ortho intramolecular Hbond substituents is 1. The molecule has 0 amide bonds.